The van der Waals surface area contributed by atoms with Crippen LogP contribution in [0.3, 0.4) is 0 Å². The Bertz CT molecular complexity index is 445. The topological polar surface area (TPSA) is 29.5 Å². The van der Waals surface area contributed by atoms with Crippen molar-refractivity contribution in [1.29, 1.82) is 0 Å². The number of halogens is 2. The number of alkyl halides is 2. The Kier molecular flexibility index (Phi) is 5.37. The minimum atomic E-state index is -2.44. The quantitative estimate of drug-likeness (QED) is 0.800. The van der Waals surface area contributed by atoms with Crippen molar-refractivity contribution in [1.82, 2.24) is 4.90 Å². The van der Waals surface area contributed by atoms with Gasteiger partial charge in [0.25, 0.3) is 11.7 Å². The fraction of sp³-hybridized carbons (Fsp3) is 0.500. The highest BCUT2D eigenvalue weighted by atomic mass is 32.2. The smallest absolute Gasteiger partial charge is 0.288 e. The van der Waals surface area contributed by atoms with Gasteiger partial charge in [-0.2, -0.15) is 8.78 Å². The van der Waals surface area contributed by atoms with Crippen LogP contribution in [0.1, 0.15) is 23.2 Å². The Balaban J connectivity index is 1.95. The highest BCUT2D eigenvalue weighted by Crippen LogP contribution is 2.25. The second-order valence-corrected chi connectivity index (χ2v) is 5.69. The third-order valence-electron chi connectivity index (χ3n) is 3.39. The van der Waals surface area contributed by atoms with Crippen molar-refractivity contribution >= 4 is 17.7 Å². The lowest BCUT2D eigenvalue weighted by Gasteiger charge is -2.31. The summed E-state index contributed by atoms with van der Waals surface area (Å²) in [5.74, 6) is -2.49. The van der Waals surface area contributed by atoms with Gasteiger partial charge in [-0.05, 0) is 37.1 Å². The molecule has 1 fully saturated rings. The largest absolute Gasteiger partial charge is 0.381 e. The van der Waals surface area contributed by atoms with Crippen molar-refractivity contribution in [3.63, 3.8) is 0 Å². The maximum atomic E-state index is 12.3. The number of thioether (sulfide) groups is 1. The van der Waals surface area contributed by atoms with Crippen LogP contribution in [0.4, 0.5) is 8.78 Å². The van der Waals surface area contributed by atoms with Crippen LogP contribution >= 0.6 is 11.8 Å². The molecule has 1 amide bonds. The average Bonchev–Trinajstić information content (AvgIpc) is 2.47. The average molecular weight is 301 g/mol. The zero-order valence-corrected chi connectivity index (χ0v) is 12.0. The van der Waals surface area contributed by atoms with Crippen LogP contribution in [-0.2, 0) is 4.74 Å². The molecule has 110 valence electrons. The molecule has 3 nitrogen and oxygen atoms in total. The van der Waals surface area contributed by atoms with E-state index in [9.17, 15) is 13.6 Å². The molecule has 6 heteroatoms. The summed E-state index contributed by atoms with van der Waals surface area (Å²) in [5.41, 5.74) is 0.541. The van der Waals surface area contributed by atoms with Gasteiger partial charge in [-0.3, -0.25) is 4.79 Å². The van der Waals surface area contributed by atoms with Crippen molar-refractivity contribution < 1.29 is 18.3 Å². The van der Waals surface area contributed by atoms with Gasteiger partial charge in [0.1, 0.15) is 0 Å². The molecule has 1 aliphatic heterocycles. The van der Waals surface area contributed by atoms with E-state index in [0.717, 1.165) is 12.8 Å². The van der Waals surface area contributed by atoms with Gasteiger partial charge >= 0.3 is 0 Å². The maximum absolute atomic E-state index is 12.3. The number of likely N-dealkylation sites (tertiary alicyclic amines) is 1. The second-order valence-electron chi connectivity index (χ2n) is 4.63. The number of carbonyl (C=O) groups is 1. The fourth-order valence-corrected chi connectivity index (χ4v) is 2.76. The van der Waals surface area contributed by atoms with Gasteiger partial charge in [-0.15, -0.1) is 0 Å². The molecular formula is C14H17F2NO2S. The lowest BCUT2D eigenvalue weighted by molar-refractivity contribution is 0.0351. The van der Waals surface area contributed by atoms with Gasteiger partial charge in [0.05, 0.1) is 6.10 Å². The Morgan fingerprint density at radius 2 is 1.90 bits per heavy atom. The number of nitrogens with zero attached hydrogens (tertiary/aromatic N) is 1. The first-order valence-corrected chi connectivity index (χ1v) is 7.35. The molecule has 0 aliphatic carbocycles. The minimum absolute atomic E-state index is 0.0480. The second kappa shape index (κ2) is 7.04. The van der Waals surface area contributed by atoms with E-state index in [2.05, 4.69) is 0 Å². The van der Waals surface area contributed by atoms with Crippen LogP contribution in [0, 0.1) is 0 Å². The summed E-state index contributed by atoms with van der Waals surface area (Å²) in [7, 11) is 1.68. The predicted molar refractivity (Wildman–Crippen MR) is 74.2 cm³/mol. The summed E-state index contributed by atoms with van der Waals surface area (Å²) in [4.78, 5) is 14.5. The van der Waals surface area contributed by atoms with Gasteiger partial charge in [0.2, 0.25) is 0 Å². The SMILES string of the molecule is COC1CCN(C(=O)c2ccc(SC(F)F)cc2)CC1. The predicted octanol–water partition coefficient (Wildman–Crippen LogP) is 3.25. The minimum Gasteiger partial charge on any atom is -0.381 e. The number of hydrogen-bond acceptors (Lipinski definition) is 3. The molecule has 0 radical (unpaired) electrons. The normalized spacial score (nSPS) is 16.7. The van der Waals surface area contributed by atoms with E-state index in [1.807, 2.05) is 0 Å². The zero-order valence-electron chi connectivity index (χ0n) is 11.2. The van der Waals surface area contributed by atoms with Crippen LogP contribution in [0.25, 0.3) is 0 Å². The van der Waals surface area contributed by atoms with Crippen molar-refractivity contribution in [2.45, 2.75) is 29.6 Å². The Morgan fingerprint density at radius 1 is 1.30 bits per heavy atom. The molecule has 0 atom stereocenters. The van der Waals surface area contributed by atoms with Crippen molar-refractivity contribution in [3.8, 4) is 0 Å². The lowest BCUT2D eigenvalue weighted by Crippen LogP contribution is -2.40. The number of methoxy groups -OCH3 is 1. The van der Waals surface area contributed by atoms with E-state index in [-0.39, 0.29) is 12.0 Å². The summed E-state index contributed by atoms with van der Waals surface area (Å²) in [6, 6.07) is 6.34. The van der Waals surface area contributed by atoms with E-state index < -0.39 is 5.76 Å². The van der Waals surface area contributed by atoms with E-state index >= 15 is 0 Å². The summed E-state index contributed by atoms with van der Waals surface area (Å²) in [6.45, 7) is 1.34. The van der Waals surface area contributed by atoms with Crippen LogP contribution in [0.5, 0.6) is 0 Å². The van der Waals surface area contributed by atoms with E-state index in [1.54, 1.807) is 36.3 Å². The number of hydrogen-bond donors (Lipinski definition) is 0. The molecule has 0 N–H and O–H groups in total. The standard InChI is InChI=1S/C14H17F2NO2S/c1-19-11-6-8-17(9-7-11)13(18)10-2-4-12(5-3-10)20-14(15)16/h2-5,11,14H,6-9H2,1H3. The molecule has 1 aromatic rings. The number of benzene rings is 1. The highest BCUT2D eigenvalue weighted by molar-refractivity contribution is 7.99. The molecule has 20 heavy (non-hydrogen) atoms. The van der Waals surface area contributed by atoms with Gasteiger partial charge in [0, 0.05) is 30.7 Å². The van der Waals surface area contributed by atoms with Gasteiger partial charge < -0.3 is 9.64 Å². The summed E-state index contributed by atoms with van der Waals surface area (Å²) < 4.78 is 29.7. The van der Waals surface area contributed by atoms with Crippen LogP contribution in [0.2, 0.25) is 0 Å². The first kappa shape index (κ1) is 15.3. The van der Waals surface area contributed by atoms with Gasteiger partial charge in [-0.1, -0.05) is 11.8 Å². The maximum Gasteiger partial charge on any atom is 0.288 e. The molecule has 2 rings (SSSR count). The molecule has 1 aliphatic rings. The molecule has 0 unspecified atom stereocenters. The number of piperidine rings is 1. The molecule has 1 heterocycles. The first-order chi connectivity index (χ1) is 9.60. The molecule has 0 spiro atoms. The monoisotopic (exact) mass is 301 g/mol. The van der Waals surface area contributed by atoms with Crippen LogP contribution < -0.4 is 0 Å². The molecule has 1 aromatic carbocycles. The van der Waals surface area contributed by atoms with Crippen molar-refractivity contribution in [2.75, 3.05) is 20.2 Å². The van der Waals surface area contributed by atoms with Gasteiger partial charge in [-0.25, -0.2) is 0 Å². The molecule has 0 bridgehead atoms. The number of ether oxygens (including phenoxy) is 1. The summed E-state index contributed by atoms with van der Waals surface area (Å²) in [6.07, 6.45) is 1.90. The first-order valence-electron chi connectivity index (χ1n) is 6.47. The Hall–Kier alpha value is -1.14. The van der Waals surface area contributed by atoms with Crippen LogP contribution in [0.15, 0.2) is 29.2 Å². The number of rotatable bonds is 4. The summed E-state index contributed by atoms with van der Waals surface area (Å²) in [5, 5.41) is 0. The summed E-state index contributed by atoms with van der Waals surface area (Å²) >= 11 is 0.483. The number of amides is 1. The number of carbonyl (C=O) groups excluding carboxylic acids is 1. The Morgan fingerprint density at radius 3 is 2.40 bits per heavy atom. The third kappa shape index (κ3) is 3.93. The van der Waals surface area contributed by atoms with E-state index in [4.69, 9.17) is 4.74 Å². The van der Waals surface area contributed by atoms with Crippen molar-refractivity contribution in [3.05, 3.63) is 29.8 Å². The highest BCUT2D eigenvalue weighted by Gasteiger charge is 2.23. The van der Waals surface area contributed by atoms with E-state index in [1.165, 1.54) is 0 Å². The lowest BCUT2D eigenvalue weighted by atomic mass is 10.1. The molecule has 0 aromatic heterocycles. The molecule has 0 saturated carbocycles. The molecule has 1 saturated heterocycles. The Labute approximate surface area is 121 Å². The van der Waals surface area contributed by atoms with E-state index in [0.29, 0.717) is 35.3 Å². The zero-order chi connectivity index (χ0) is 14.5. The van der Waals surface area contributed by atoms with Crippen LogP contribution in [-0.4, -0.2) is 42.9 Å². The fourth-order valence-electron chi connectivity index (χ4n) is 2.26. The molecular weight excluding hydrogens is 284 g/mol. The van der Waals surface area contributed by atoms with Crippen molar-refractivity contribution in [2.24, 2.45) is 0 Å². The van der Waals surface area contributed by atoms with Gasteiger partial charge in [0.15, 0.2) is 0 Å². The third-order valence-corrected chi connectivity index (χ3v) is 4.11.